The fourth-order valence-corrected chi connectivity index (χ4v) is 7.95. The van der Waals surface area contributed by atoms with Gasteiger partial charge in [0.1, 0.15) is 5.75 Å². The van der Waals surface area contributed by atoms with E-state index in [9.17, 15) is 9.90 Å². The van der Waals surface area contributed by atoms with E-state index in [1.54, 1.807) is 0 Å². The molecule has 36 heavy (non-hydrogen) atoms. The molecule has 1 heterocycles. The van der Waals surface area contributed by atoms with Crippen LogP contribution in [0.5, 0.6) is 5.75 Å². The smallest absolute Gasteiger partial charge is 0.220 e. The molecule has 3 aliphatic carbocycles. The van der Waals surface area contributed by atoms with Crippen LogP contribution in [-0.2, 0) is 30.2 Å². The highest BCUT2D eigenvalue weighted by molar-refractivity contribution is 5.75. The van der Waals surface area contributed by atoms with E-state index in [2.05, 4.69) is 24.5 Å². The molecule has 1 saturated carbocycles. The van der Waals surface area contributed by atoms with Gasteiger partial charge in [0.15, 0.2) is 0 Å². The zero-order valence-corrected chi connectivity index (χ0v) is 21.4. The van der Waals surface area contributed by atoms with Crippen molar-refractivity contribution in [3.8, 4) is 5.75 Å². The number of nitrogens with zero attached hydrogens (tertiary/aromatic N) is 2. The van der Waals surface area contributed by atoms with Gasteiger partial charge in [-0.1, -0.05) is 43.3 Å². The summed E-state index contributed by atoms with van der Waals surface area (Å²) in [7, 11) is 2.04. The lowest BCUT2D eigenvalue weighted by molar-refractivity contribution is -0.121. The second kappa shape index (κ2) is 9.10. The van der Waals surface area contributed by atoms with Crippen LogP contribution < -0.4 is 5.32 Å². The average molecular weight is 484 g/mol. The Morgan fingerprint density at radius 2 is 2.00 bits per heavy atom. The summed E-state index contributed by atoms with van der Waals surface area (Å²) >= 11 is 0. The van der Waals surface area contributed by atoms with Crippen LogP contribution in [-0.4, -0.2) is 20.8 Å². The maximum Gasteiger partial charge on any atom is 0.220 e. The van der Waals surface area contributed by atoms with E-state index in [4.69, 9.17) is 5.10 Å². The third-order valence-electron chi connectivity index (χ3n) is 9.44. The van der Waals surface area contributed by atoms with Crippen LogP contribution in [0.15, 0.2) is 54.7 Å². The van der Waals surface area contributed by atoms with Gasteiger partial charge in [0.05, 0.1) is 5.69 Å². The second-order valence-corrected chi connectivity index (χ2v) is 11.5. The molecule has 0 bridgehead atoms. The lowest BCUT2D eigenvalue weighted by Gasteiger charge is -2.50. The SMILES string of the molecule is Cn1cc2c(n1)[C@@]1(C)CC[C@@H]3c4ccc(O)cc4CC[C@H]3[C@@H]1[C@H]2CCCC(=O)NCc1ccccc1. The maximum absolute atomic E-state index is 12.6. The first-order valence-corrected chi connectivity index (χ1v) is 13.6. The normalized spacial score (nSPS) is 28.1. The van der Waals surface area contributed by atoms with Crippen LogP contribution in [0.1, 0.15) is 85.2 Å². The van der Waals surface area contributed by atoms with Gasteiger partial charge in [-0.25, -0.2) is 0 Å². The van der Waals surface area contributed by atoms with Gasteiger partial charge in [0, 0.05) is 31.6 Å². The molecule has 1 aromatic heterocycles. The lowest BCUT2D eigenvalue weighted by Crippen LogP contribution is -2.44. The molecule has 5 heteroatoms. The number of hydrogen-bond acceptors (Lipinski definition) is 3. The monoisotopic (exact) mass is 483 g/mol. The van der Waals surface area contributed by atoms with Crippen LogP contribution >= 0.6 is 0 Å². The number of benzene rings is 2. The quantitative estimate of drug-likeness (QED) is 0.471. The van der Waals surface area contributed by atoms with Crippen molar-refractivity contribution < 1.29 is 9.90 Å². The number of hydrogen-bond donors (Lipinski definition) is 2. The van der Waals surface area contributed by atoms with Gasteiger partial charge >= 0.3 is 0 Å². The first kappa shape index (κ1) is 23.3. The van der Waals surface area contributed by atoms with Gasteiger partial charge in [-0.15, -0.1) is 0 Å². The van der Waals surface area contributed by atoms with Crippen molar-refractivity contribution in [3.05, 3.63) is 82.7 Å². The summed E-state index contributed by atoms with van der Waals surface area (Å²) in [6.45, 7) is 3.05. The van der Waals surface area contributed by atoms with E-state index in [-0.39, 0.29) is 11.3 Å². The van der Waals surface area contributed by atoms with Crippen molar-refractivity contribution in [2.45, 2.75) is 75.7 Å². The Bertz CT molecular complexity index is 1270. The Kier molecular flexibility index (Phi) is 5.89. The van der Waals surface area contributed by atoms with Crippen molar-refractivity contribution in [1.82, 2.24) is 15.1 Å². The van der Waals surface area contributed by atoms with Gasteiger partial charge < -0.3 is 10.4 Å². The molecule has 188 valence electrons. The van der Waals surface area contributed by atoms with Crippen molar-refractivity contribution in [1.29, 1.82) is 0 Å². The number of carbonyl (C=O) groups excluding carboxylic acids is 1. The van der Waals surface area contributed by atoms with Gasteiger partial charge in [-0.3, -0.25) is 9.48 Å². The summed E-state index contributed by atoms with van der Waals surface area (Å²) in [5.41, 5.74) is 6.76. The van der Waals surface area contributed by atoms with Gasteiger partial charge in [0.25, 0.3) is 0 Å². The van der Waals surface area contributed by atoms with Crippen molar-refractivity contribution in [2.75, 3.05) is 0 Å². The number of fused-ring (bicyclic) bond motifs is 7. The van der Waals surface area contributed by atoms with Gasteiger partial charge in [0.2, 0.25) is 5.91 Å². The largest absolute Gasteiger partial charge is 0.508 e. The minimum absolute atomic E-state index is 0.104. The molecule has 5 nitrogen and oxygen atoms in total. The number of carbonyl (C=O) groups is 1. The molecule has 1 amide bonds. The number of aryl methyl sites for hydroxylation is 2. The third-order valence-corrected chi connectivity index (χ3v) is 9.44. The number of phenolic OH excluding ortho intramolecular Hbond substituents is 1. The minimum Gasteiger partial charge on any atom is -0.508 e. The summed E-state index contributed by atoms with van der Waals surface area (Å²) in [6, 6.07) is 16.1. The molecule has 0 unspecified atom stereocenters. The molecule has 6 rings (SSSR count). The highest BCUT2D eigenvalue weighted by Crippen LogP contribution is 2.64. The summed E-state index contributed by atoms with van der Waals surface area (Å²) in [5, 5.41) is 18.1. The molecule has 0 spiro atoms. The third kappa shape index (κ3) is 3.93. The molecule has 0 saturated heterocycles. The standard InChI is InChI=1S/C31H37N3O2/c1-31-16-15-24-23-14-12-22(35)17-21(23)11-13-26(24)29(31)25(27-19-34(2)33-30(27)31)9-6-10-28(36)32-18-20-7-4-3-5-8-20/h3-5,7-8,12,14,17,19,24-26,29,35H,6,9-11,13,15-16,18H2,1-2H3,(H,32,36)/t24-,25+,26-,29+,31+/m1/s1. The predicted octanol–water partition coefficient (Wildman–Crippen LogP) is 5.72. The topological polar surface area (TPSA) is 67.1 Å². The molecule has 2 N–H and O–H groups in total. The molecular formula is C31H37N3O2. The van der Waals surface area contributed by atoms with Gasteiger partial charge in [-0.05, 0) is 96.6 Å². The maximum atomic E-state index is 12.6. The molecule has 0 radical (unpaired) electrons. The van der Waals surface area contributed by atoms with Crippen LogP contribution in [0.2, 0.25) is 0 Å². The molecular weight excluding hydrogens is 446 g/mol. The second-order valence-electron chi connectivity index (χ2n) is 11.5. The van der Waals surface area contributed by atoms with E-state index >= 15 is 0 Å². The summed E-state index contributed by atoms with van der Waals surface area (Å²) < 4.78 is 2.00. The van der Waals surface area contributed by atoms with E-state index in [0.717, 1.165) is 31.2 Å². The number of nitrogens with one attached hydrogen (secondary N) is 1. The van der Waals surface area contributed by atoms with Crippen LogP contribution in [0.3, 0.4) is 0 Å². The highest BCUT2D eigenvalue weighted by Gasteiger charge is 2.58. The van der Waals surface area contributed by atoms with E-state index < -0.39 is 0 Å². The summed E-state index contributed by atoms with van der Waals surface area (Å²) in [5.74, 6) is 2.71. The lowest BCUT2D eigenvalue weighted by atomic mass is 9.53. The van der Waals surface area contributed by atoms with Crippen LogP contribution in [0.4, 0.5) is 0 Å². The Morgan fingerprint density at radius 3 is 2.83 bits per heavy atom. The summed E-state index contributed by atoms with van der Waals surface area (Å²) in [4.78, 5) is 12.6. The zero-order chi connectivity index (χ0) is 24.9. The molecule has 3 aliphatic rings. The molecule has 0 aliphatic heterocycles. The zero-order valence-electron chi connectivity index (χ0n) is 21.4. The Hall–Kier alpha value is -3.08. The van der Waals surface area contributed by atoms with Gasteiger partial charge in [-0.2, -0.15) is 5.10 Å². The minimum atomic E-state index is 0.104. The van der Waals surface area contributed by atoms with Crippen molar-refractivity contribution >= 4 is 5.91 Å². The summed E-state index contributed by atoms with van der Waals surface area (Å²) in [6.07, 6.45) is 9.29. The highest BCUT2D eigenvalue weighted by atomic mass is 16.3. The van der Waals surface area contributed by atoms with Crippen molar-refractivity contribution in [3.63, 3.8) is 0 Å². The predicted molar refractivity (Wildman–Crippen MR) is 141 cm³/mol. The number of aromatic hydroxyl groups is 1. The Balaban J connectivity index is 1.20. The first-order chi connectivity index (χ1) is 17.4. The van der Waals surface area contributed by atoms with E-state index in [1.807, 2.05) is 54.2 Å². The Morgan fingerprint density at radius 1 is 1.17 bits per heavy atom. The number of rotatable bonds is 6. The fraction of sp³-hybridized carbons (Fsp3) is 0.484. The molecule has 3 aromatic rings. The molecule has 2 aromatic carbocycles. The van der Waals surface area contributed by atoms with E-state index in [1.165, 1.54) is 35.2 Å². The van der Waals surface area contributed by atoms with Crippen LogP contribution in [0.25, 0.3) is 0 Å². The average Bonchev–Trinajstić information content (AvgIpc) is 3.37. The Labute approximate surface area is 213 Å². The number of amides is 1. The number of phenols is 1. The molecule has 5 atom stereocenters. The van der Waals surface area contributed by atoms with E-state index in [0.29, 0.717) is 42.4 Å². The first-order valence-electron chi connectivity index (χ1n) is 13.6. The van der Waals surface area contributed by atoms with Crippen molar-refractivity contribution in [2.24, 2.45) is 18.9 Å². The molecule has 1 fully saturated rings. The van der Waals surface area contributed by atoms with Crippen LogP contribution in [0, 0.1) is 11.8 Å². The number of aromatic nitrogens is 2. The fourth-order valence-electron chi connectivity index (χ4n) is 7.95.